The maximum Gasteiger partial charge on any atom is 0.328 e. The number of pyridine rings is 1. The van der Waals surface area contributed by atoms with E-state index in [0.717, 1.165) is 37.0 Å². The number of aromatic nitrogens is 2. The van der Waals surface area contributed by atoms with Crippen molar-refractivity contribution in [1.29, 1.82) is 0 Å². The van der Waals surface area contributed by atoms with E-state index >= 15 is 0 Å². The molecule has 0 unspecified atom stereocenters. The van der Waals surface area contributed by atoms with Crippen LogP contribution in [0, 0.1) is 0 Å². The smallest absolute Gasteiger partial charge is 0.328 e. The number of nitrogens with zero attached hydrogens (tertiary/aromatic N) is 5. The summed E-state index contributed by atoms with van der Waals surface area (Å²) in [6.45, 7) is 2.31. The zero-order valence-corrected chi connectivity index (χ0v) is 25.4. The van der Waals surface area contributed by atoms with Crippen LogP contribution < -0.4 is 10.6 Å². The lowest BCUT2D eigenvalue weighted by Gasteiger charge is -2.30. The molecule has 2 aliphatic heterocycles. The van der Waals surface area contributed by atoms with Gasteiger partial charge >= 0.3 is 5.97 Å². The highest BCUT2D eigenvalue weighted by Crippen LogP contribution is 2.35. The van der Waals surface area contributed by atoms with Crippen LogP contribution >= 0.6 is 23.2 Å². The molecule has 5 rings (SSSR count). The van der Waals surface area contributed by atoms with Crippen LogP contribution in [0.5, 0.6) is 0 Å². The Morgan fingerprint density at radius 1 is 1.12 bits per heavy atom. The first kappa shape index (κ1) is 27.9. The summed E-state index contributed by atoms with van der Waals surface area (Å²) in [6.07, 6.45) is 4.30. The van der Waals surface area contributed by atoms with Crippen LogP contribution in [0.1, 0.15) is 44.8 Å². The lowest BCUT2D eigenvalue weighted by molar-refractivity contribution is -0.139. The SMILES string of the molecule is O=C(N[C@@H](CN/C(=N/[SiH3])N1CCCC1)C(=O)O)c1c(Cl)cc2c(c1Cl)CCN(C(=O)c1cc3ccccn3n1)C2. The lowest BCUT2D eigenvalue weighted by Crippen LogP contribution is -2.51. The van der Waals surface area contributed by atoms with E-state index < -0.39 is 17.9 Å². The van der Waals surface area contributed by atoms with Crippen molar-refractivity contribution < 1.29 is 19.5 Å². The van der Waals surface area contributed by atoms with E-state index in [1.165, 1.54) is 0 Å². The van der Waals surface area contributed by atoms with E-state index in [0.29, 0.717) is 40.6 Å². The third-order valence-electron chi connectivity index (χ3n) is 7.19. The average molecular weight is 603 g/mol. The van der Waals surface area contributed by atoms with Gasteiger partial charge in [-0.25, -0.2) is 9.31 Å². The van der Waals surface area contributed by atoms with Crippen molar-refractivity contribution in [3.63, 3.8) is 0 Å². The summed E-state index contributed by atoms with van der Waals surface area (Å²) in [7, 11) is 0.565. The number of likely N-dealkylation sites (tertiary alicyclic amines) is 1. The molecule has 3 aromatic rings. The number of carboxylic acid groups (broad SMARTS) is 1. The first-order valence-electron chi connectivity index (χ1n) is 13.0. The molecule has 1 fully saturated rings. The van der Waals surface area contributed by atoms with Crippen LogP contribution in [-0.4, -0.2) is 90.9 Å². The second-order valence-corrected chi connectivity index (χ2v) is 11.0. The highest BCUT2D eigenvalue weighted by Gasteiger charge is 2.30. The number of amides is 2. The van der Waals surface area contributed by atoms with E-state index in [4.69, 9.17) is 23.2 Å². The van der Waals surface area contributed by atoms with Gasteiger partial charge in [0.05, 0.1) is 21.1 Å². The number of carboxylic acids is 1. The maximum absolute atomic E-state index is 13.2. The van der Waals surface area contributed by atoms with Crippen LogP contribution in [0.2, 0.25) is 10.0 Å². The van der Waals surface area contributed by atoms with E-state index in [1.807, 2.05) is 18.2 Å². The minimum absolute atomic E-state index is 0.0183. The number of hydrogen-bond donors (Lipinski definition) is 3. The summed E-state index contributed by atoms with van der Waals surface area (Å²) in [5.41, 5.74) is 2.60. The van der Waals surface area contributed by atoms with Gasteiger partial charge in [-0.1, -0.05) is 29.3 Å². The van der Waals surface area contributed by atoms with Crippen molar-refractivity contribution in [2.75, 3.05) is 26.2 Å². The van der Waals surface area contributed by atoms with Gasteiger partial charge in [0, 0.05) is 38.9 Å². The molecule has 1 aromatic carbocycles. The van der Waals surface area contributed by atoms with Crippen LogP contribution in [0.4, 0.5) is 0 Å². The molecule has 0 bridgehead atoms. The Hall–Kier alpha value is -3.61. The first-order valence-corrected chi connectivity index (χ1v) is 14.6. The summed E-state index contributed by atoms with van der Waals surface area (Å²) in [6, 6.07) is 7.72. The molecule has 210 valence electrons. The predicted octanol–water partition coefficient (Wildman–Crippen LogP) is 1.34. The summed E-state index contributed by atoms with van der Waals surface area (Å²) in [5, 5.41) is 20.0. The molecule has 0 saturated carbocycles. The fourth-order valence-corrected chi connectivity index (χ4v) is 6.33. The number of rotatable bonds is 6. The molecule has 0 spiro atoms. The van der Waals surface area contributed by atoms with Crippen LogP contribution in [-0.2, 0) is 17.8 Å². The van der Waals surface area contributed by atoms with E-state index in [9.17, 15) is 19.5 Å². The molecule has 0 aliphatic carbocycles. The van der Waals surface area contributed by atoms with Gasteiger partial charge in [0.25, 0.3) is 11.8 Å². The van der Waals surface area contributed by atoms with Crippen molar-refractivity contribution in [3.8, 4) is 0 Å². The lowest BCUT2D eigenvalue weighted by atomic mass is 9.96. The van der Waals surface area contributed by atoms with Gasteiger partial charge in [0.1, 0.15) is 16.4 Å². The number of carbonyl (C=O) groups excluding carboxylic acids is 2. The number of fused-ring (bicyclic) bond motifs is 2. The molecular formula is C26H29Cl2N7O4Si. The second-order valence-electron chi connectivity index (χ2n) is 9.75. The predicted molar refractivity (Wildman–Crippen MR) is 155 cm³/mol. The Labute approximate surface area is 243 Å². The van der Waals surface area contributed by atoms with Gasteiger partial charge in [-0.3, -0.25) is 9.59 Å². The fourth-order valence-electron chi connectivity index (χ4n) is 5.12. The Morgan fingerprint density at radius 2 is 1.90 bits per heavy atom. The Kier molecular flexibility index (Phi) is 8.29. The molecular weight excluding hydrogens is 573 g/mol. The van der Waals surface area contributed by atoms with Gasteiger partial charge in [0.15, 0.2) is 11.7 Å². The first-order chi connectivity index (χ1) is 19.3. The minimum Gasteiger partial charge on any atom is -0.480 e. The van der Waals surface area contributed by atoms with Crippen molar-refractivity contribution in [2.45, 2.75) is 31.8 Å². The van der Waals surface area contributed by atoms with E-state index in [-0.39, 0.29) is 34.6 Å². The number of aliphatic carboxylic acids is 1. The van der Waals surface area contributed by atoms with Crippen molar-refractivity contribution in [2.24, 2.45) is 4.66 Å². The molecule has 11 nitrogen and oxygen atoms in total. The molecule has 1 atom stereocenters. The largest absolute Gasteiger partial charge is 0.480 e. The molecule has 1 saturated heterocycles. The topological polar surface area (TPSA) is 132 Å². The van der Waals surface area contributed by atoms with Gasteiger partial charge in [-0.15, -0.1) is 0 Å². The maximum atomic E-state index is 13.2. The van der Waals surface area contributed by atoms with Crippen LogP contribution in [0.25, 0.3) is 5.52 Å². The summed E-state index contributed by atoms with van der Waals surface area (Å²) in [5.74, 6) is -1.44. The fraction of sp³-hybridized carbons (Fsp3) is 0.346. The minimum atomic E-state index is -1.23. The quantitative estimate of drug-likeness (QED) is 0.221. The molecule has 40 heavy (non-hydrogen) atoms. The molecule has 2 aromatic heterocycles. The van der Waals surface area contributed by atoms with Gasteiger partial charge < -0.3 is 30.2 Å². The second kappa shape index (κ2) is 11.9. The third-order valence-corrected chi connectivity index (χ3v) is 8.33. The molecule has 3 N–H and O–H groups in total. The Morgan fingerprint density at radius 3 is 2.60 bits per heavy atom. The number of nitrogens with one attached hydrogen (secondary N) is 2. The van der Waals surface area contributed by atoms with Crippen LogP contribution in [0.15, 0.2) is 41.2 Å². The van der Waals surface area contributed by atoms with Crippen LogP contribution in [0.3, 0.4) is 0 Å². The van der Waals surface area contributed by atoms with Crippen molar-refractivity contribution in [1.82, 2.24) is 30.0 Å². The normalized spacial score (nSPS) is 16.2. The monoisotopic (exact) mass is 601 g/mol. The van der Waals surface area contributed by atoms with Gasteiger partial charge in [-0.2, -0.15) is 5.10 Å². The third kappa shape index (κ3) is 5.65. The zero-order chi connectivity index (χ0) is 28.4. The number of guanidine groups is 1. The number of benzene rings is 1. The zero-order valence-electron chi connectivity index (χ0n) is 21.9. The summed E-state index contributed by atoms with van der Waals surface area (Å²) >= 11 is 13.2. The molecule has 14 heteroatoms. The standard InChI is InChI=1S/C26H29Cl2N7O4Si/c27-18-11-15-14-34(24(37)19-12-16-5-1-2-9-35(16)31-19)10-6-17(15)22(28)21(18)23(36)30-20(25(38)39)13-29-26(32-40)33-7-3-4-8-33/h1-2,5,9,11-12,20H,3-4,6-8,10,13-14H2,40H3,(H,29,32)(H,30,36)(H,38,39)/t20-/m0/s1. The highest BCUT2D eigenvalue weighted by molar-refractivity contribution is 6.40. The van der Waals surface area contributed by atoms with Crippen molar-refractivity contribution in [3.05, 3.63) is 69.0 Å². The number of halogens is 2. The summed E-state index contributed by atoms with van der Waals surface area (Å²) in [4.78, 5) is 42.1. The number of hydrogen-bond acceptors (Lipinski definition) is 5. The number of carbonyl (C=O) groups is 3. The van der Waals surface area contributed by atoms with Gasteiger partial charge in [-0.05, 0) is 54.7 Å². The summed E-state index contributed by atoms with van der Waals surface area (Å²) < 4.78 is 6.00. The molecule has 2 aliphatic rings. The Bertz CT molecular complexity index is 1470. The molecule has 2 amide bonds. The van der Waals surface area contributed by atoms with E-state index in [2.05, 4.69) is 25.3 Å². The molecule has 0 radical (unpaired) electrons. The van der Waals surface area contributed by atoms with Crippen molar-refractivity contribution >= 4 is 62.9 Å². The van der Waals surface area contributed by atoms with E-state index in [1.54, 1.807) is 27.7 Å². The highest BCUT2D eigenvalue weighted by atomic mass is 35.5. The molecule has 4 heterocycles. The Balaban J connectivity index is 1.29. The van der Waals surface area contributed by atoms with Gasteiger partial charge in [0.2, 0.25) is 0 Å². The average Bonchev–Trinajstić information content (AvgIpc) is 3.62.